The third kappa shape index (κ3) is 3.19. The van der Waals surface area contributed by atoms with Crippen LogP contribution < -0.4 is 0 Å². The molecule has 2 aliphatic heterocycles. The topological polar surface area (TPSA) is 62.2 Å². The SMILES string of the molecule is CCCCN1C[C@H](O)[C@@H](O)[C@@H]2OC(c3ccccc3)OC[C@H]21. The lowest BCUT2D eigenvalue weighted by molar-refractivity contribution is -0.287. The van der Waals surface area contributed by atoms with Gasteiger partial charge in [-0.2, -0.15) is 0 Å². The number of piperidine rings is 1. The highest BCUT2D eigenvalue weighted by atomic mass is 16.7. The number of fused-ring (bicyclic) bond motifs is 1. The molecule has 5 heteroatoms. The monoisotopic (exact) mass is 307 g/mol. The predicted octanol–water partition coefficient (Wildman–Crippen LogP) is 1.31. The number of likely N-dealkylation sites (tertiary alicyclic amines) is 1. The average Bonchev–Trinajstić information content (AvgIpc) is 2.57. The highest BCUT2D eigenvalue weighted by molar-refractivity contribution is 5.16. The van der Waals surface area contributed by atoms with Gasteiger partial charge in [-0.05, 0) is 13.0 Å². The van der Waals surface area contributed by atoms with Crippen LogP contribution in [-0.2, 0) is 9.47 Å². The van der Waals surface area contributed by atoms with E-state index in [4.69, 9.17) is 9.47 Å². The van der Waals surface area contributed by atoms with Crippen LogP contribution in [0.2, 0.25) is 0 Å². The van der Waals surface area contributed by atoms with E-state index in [0.717, 1.165) is 24.9 Å². The van der Waals surface area contributed by atoms with Gasteiger partial charge in [0.05, 0.1) is 18.8 Å². The number of benzene rings is 1. The summed E-state index contributed by atoms with van der Waals surface area (Å²) in [4.78, 5) is 2.19. The molecule has 1 aromatic rings. The minimum atomic E-state index is -0.863. The summed E-state index contributed by atoms with van der Waals surface area (Å²) < 4.78 is 11.9. The maximum absolute atomic E-state index is 10.3. The van der Waals surface area contributed by atoms with E-state index in [1.54, 1.807) is 0 Å². The largest absolute Gasteiger partial charge is 0.389 e. The first-order valence-corrected chi connectivity index (χ1v) is 8.13. The Morgan fingerprint density at radius 2 is 2.00 bits per heavy atom. The van der Waals surface area contributed by atoms with Gasteiger partial charge in [0.15, 0.2) is 6.29 Å². The summed E-state index contributed by atoms with van der Waals surface area (Å²) in [5.41, 5.74) is 0.938. The Balaban J connectivity index is 1.73. The summed E-state index contributed by atoms with van der Waals surface area (Å²) in [6.07, 6.45) is -0.365. The van der Waals surface area contributed by atoms with E-state index in [0.29, 0.717) is 13.2 Å². The van der Waals surface area contributed by atoms with E-state index in [9.17, 15) is 10.2 Å². The number of nitrogens with zero attached hydrogens (tertiary/aromatic N) is 1. The van der Waals surface area contributed by atoms with Gasteiger partial charge in [0.25, 0.3) is 0 Å². The van der Waals surface area contributed by atoms with Crippen LogP contribution in [0.25, 0.3) is 0 Å². The molecule has 5 nitrogen and oxygen atoms in total. The van der Waals surface area contributed by atoms with Crippen LogP contribution in [0.3, 0.4) is 0 Å². The summed E-state index contributed by atoms with van der Waals surface area (Å²) in [5.74, 6) is 0. The zero-order valence-corrected chi connectivity index (χ0v) is 13.0. The number of aliphatic hydroxyl groups excluding tert-OH is 2. The molecule has 2 N–H and O–H groups in total. The minimum absolute atomic E-state index is 0.00455. The van der Waals surface area contributed by atoms with E-state index in [1.807, 2.05) is 30.3 Å². The number of hydrogen-bond acceptors (Lipinski definition) is 5. The van der Waals surface area contributed by atoms with Crippen molar-refractivity contribution in [3.8, 4) is 0 Å². The minimum Gasteiger partial charge on any atom is -0.389 e. The van der Waals surface area contributed by atoms with Gasteiger partial charge in [0.1, 0.15) is 12.2 Å². The zero-order chi connectivity index (χ0) is 15.5. The molecule has 0 bridgehead atoms. The molecule has 0 spiro atoms. The lowest BCUT2D eigenvalue weighted by atomic mass is 9.92. The molecule has 1 unspecified atom stereocenters. The third-order valence-corrected chi connectivity index (χ3v) is 4.57. The van der Waals surface area contributed by atoms with Crippen LogP contribution >= 0.6 is 0 Å². The van der Waals surface area contributed by atoms with Crippen molar-refractivity contribution < 1.29 is 19.7 Å². The first-order valence-electron chi connectivity index (χ1n) is 8.13. The average molecular weight is 307 g/mol. The highest BCUT2D eigenvalue weighted by Gasteiger charge is 2.46. The lowest BCUT2D eigenvalue weighted by Crippen LogP contribution is -2.65. The molecule has 0 saturated carbocycles. The van der Waals surface area contributed by atoms with Crippen molar-refractivity contribution in [3.05, 3.63) is 35.9 Å². The van der Waals surface area contributed by atoms with Crippen molar-refractivity contribution in [1.82, 2.24) is 4.90 Å². The molecule has 2 heterocycles. The van der Waals surface area contributed by atoms with Crippen LogP contribution in [0.5, 0.6) is 0 Å². The van der Waals surface area contributed by atoms with Crippen molar-refractivity contribution in [2.45, 2.75) is 50.4 Å². The normalized spacial score (nSPS) is 36.0. The van der Waals surface area contributed by atoms with E-state index in [1.165, 1.54) is 0 Å². The Morgan fingerprint density at radius 1 is 1.23 bits per heavy atom. The number of ether oxygens (including phenoxy) is 2. The van der Waals surface area contributed by atoms with Gasteiger partial charge in [-0.3, -0.25) is 4.90 Å². The summed E-state index contributed by atoms with van der Waals surface area (Å²) >= 11 is 0. The molecule has 3 rings (SSSR count). The second-order valence-electron chi connectivity index (χ2n) is 6.15. The van der Waals surface area contributed by atoms with Gasteiger partial charge in [0.2, 0.25) is 0 Å². The molecule has 0 aromatic heterocycles. The van der Waals surface area contributed by atoms with Crippen LogP contribution in [0.4, 0.5) is 0 Å². The van der Waals surface area contributed by atoms with Crippen LogP contribution in [-0.4, -0.2) is 59.2 Å². The van der Waals surface area contributed by atoms with E-state index < -0.39 is 24.6 Å². The summed E-state index contributed by atoms with van der Waals surface area (Å²) in [6, 6.07) is 9.73. The Morgan fingerprint density at radius 3 is 2.73 bits per heavy atom. The van der Waals surface area contributed by atoms with Crippen LogP contribution in [0, 0.1) is 0 Å². The fourth-order valence-corrected chi connectivity index (χ4v) is 3.28. The van der Waals surface area contributed by atoms with Gasteiger partial charge in [0, 0.05) is 12.1 Å². The summed E-state index contributed by atoms with van der Waals surface area (Å²) in [6.45, 7) is 4.03. The molecular weight excluding hydrogens is 282 g/mol. The van der Waals surface area contributed by atoms with Gasteiger partial charge >= 0.3 is 0 Å². The quantitative estimate of drug-likeness (QED) is 0.878. The molecule has 2 fully saturated rings. The van der Waals surface area contributed by atoms with Gasteiger partial charge in [-0.15, -0.1) is 0 Å². The molecular formula is C17H25NO4. The molecule has 0 aliphatic carbocycles. The smallest absolute Gasteiger partial charge is 0.184 e. The van der Waals surface area contributed by atoms with Crippen molar-refractivity contribution in [2.24, 2.45) is 0 Å². The van der Waals surface area contributed by atoms with Gasteiger partial charge in [-0.25, -0.2) is 0 Å². The van der Waals surface area contributed by atoms with Crippen molar-refractivity contribution in [1.29, 1.82) is 0 Å². The number of rotatable bonds is 4. The molecule has 2 saturated heterocycles. The lowest BCUT2D eigenvalue weighted by Gasteiger charge is -2.49. The molecule has 0 amide bonds. The van der Waals surface area contributed by atoms with Gasteiger partial charge < -0.3 is 19.7 Å². The van der Waals surface area contributed by atoms with Crippen LogP contribution in [0.15, 0.2) is 30.3 Å². The van der Waals surface area contributed by atoms with Crippen LogP contribution in [0.1, 0.15) is 31.6 Å². The number of unbranched alkanes of at least 4 members (excludes halogenated alkanes) is 1. The maximum Gasteiger partial charge on any atom is 0.184 e. The molecule has 5 atom stereocenters. The molecule has 122 valence electrons. The fourth-order valence-electron chi connectivity index (χ4n) is 3.28. The zero-order valence-electron chi connectivity index (χ0n) is 13.0. The molecule has 2 aliphatic rings. The number of aliphatic hydroxyl groups is 2. The number of β-amino-alcohol motifs (C(OH)–C–C–N with tert-alkyl or cyclic N) is 1. The maximum atomic E-state index is 10.3. The molecule has 1 aromatic carbocycles. The van der Waals surface area contributed by atoms with Gasteiger partial charge in [-0.1, -0.05) is 43.7 Å². The first kappa shape index (κ1) is 15.9. The standard InChI is InChI=1S/C17H25NO4/c1-2-3-9-18-10-14(19)15(20)16-13(18)11-21-17(22-16)12-7-5-4-6-8-12/h4-8,13-17,19-20H,2-3,9-11H2,1H3/t13-,14+,15-,16-,17?/m1/s1. The summed E-state index contributed by atoms with van der Waals surface area (Å²) in [5, 5.41) is 20.5. The third-order valence-electron chi connectivity index (χ3n) is 4.57. The number of hydrogen-bond donors (Lipinski definition) is 2. The Kier molecular flexibility index (Phi) is 5.10. The first-order chi connectivity index (χ1) is 10.7. The highest BCUT2D eigenvalue weighted by Crippen LogP contribution is 2.33. The van der Waals surface area contributed by atoms with E-state index in [2.05, 4.69) is 11.8 Å². The van der Waals surface area contributed by atoms with E-state index >= 15 is 0 Å². The Hall–Kier alpha value is -0.980. The van der Waals surface area contributed by atoms with Crippen molar-refractivity contribution in [3.63, 3.8) is 0 Å². The Bertz CT molecular complexity index is 469. The summed E-state index contributed by atoms with van der Waals surface area (Å²) in [7, 11) is 0. The van der Waals surface area contributed by atoms with E-state index in [-0.39, 0.29) is 6.04 Å². The molecule has 22 heavy (non-hydrogen) atoms. The Labute approximate surface area is 131 Å². The molecule has 0 radical (unpaired) electrons. The second kappa shape index (κ2) is 7.06. The van der Waals surface area contributed by atoms with Crippen molar-refractivity contribution >= 4 is 0 Å². The fraction of sp³-hybridized carbons (Fsp3) is 0.647. The predicted molar refractivity (Wildman–Crippen MR) is 82.3 cm³/mol. The second-order valence-corrected chi connectivity index (χ2v) is 6.15. The van der Waals surface area contributed by atoms with Crippen molar-refractivity contribution in [2.75, 3.05) is 19.7 Å².